The first-order chi connectivity index (χ1) is 18.6. The Morgan fingerprint density at radius 2 is 1.58 bits per heavy atom. The highest BCUT2D eigenvalue weighted by molar-refractivity contribution is 5.80. The van der Waals surface area contributed by atoms with Crippen molar-refractivity contribution in [2.24, 2.45) is 0 Å². The summed E-state index contributed by atoms with van der Waals surface area (Å²) in [5.41, 5.74) is 4.48. The van der Waals surface area contributed by atoms with Gasteiger partial charge in [-0.05, 0) is 36.8 Å². The molecule has 1 aliphatic rings. The summed E-state index contributed by atoms with van der Waals surface area (Å²) in [6.45, 7) is 0.728. The Hall–Kier alpha value is -4.33. The second-order valence-electron chi connectivity index (χ2n) is 9.35. The fourth-order valence-corrected chi connectivity index (χ4v) is 5.07. The lowest BCUT2D eigenvalue weighted by Crippen LogP contribution is -2.46. The zero-order valence-electron chi connectivity index (χ0n) is 22.0. The molecule has 1 unspecified atom stereocenters. The van der Waals surface area contributed by atoms with Gasteiger partial charge in [-0.3, -0.25) is 0 Å². The van der Waals surface area contributed by atoms with Gasteiger partial charge in [-0.2, -0.15) is 4.68 Å². The van der Waals surface area contributed by atoms with E-state index in [1.165, 1.54) is 10.2 Å². The maximum atomic E-state index is 13.4. The van der Waals surface area contributed by atoms with E-state index in [-0.39, 0.29) is 12.1 Å². The average molecular weight is 513 g/mol. The van der Waals surface area contributed by atoms with Gasteiger partial charge in [0.05, 0.1) is 33.1 Å². The van der Waals surface area contributed by atoms with Crippen LogP contribution in [0.15, 0.2) is 72.9 Å². The third-order valence-corrected chi connectivity index (χ3v) is 7.06. The molecule has 1 aliphatic heterocycles. The second kappa shape index (κ2) is 11.4. The summed E-state index contributed by atoms with van der Waals surface area (Å²) in [5.74, 6) is 1.95. The Morgan fingerprint density at radius 3 is 2.24 bits per heavy atom. The van der Waals surface area contributed by atoms with E-state index in [0.29, 0.717) is 22.9 Å². The summed E-state index contributed by atoms with van der Waals surface area (Å²) in [4.78, 5) is 15.4. The molecule has 0 spiro atoms. The topological polar surface area (TPSA) is 78.7 Å². The third kappa shape index (κ3) is 5.20. The SMILES string of the molecule is COc1cc(OC)c(-c2ccc(-c3cn(C(=O)N4CCCCC4Cc4ccccc4)nn3)cc2)c(OC)c1. The van der Waals surface area contributed by atoms with Crippen LogP contribution < -0.4 is 14.2 Å². The van der Waals surface area contributed by atoms with Crippen LogP contribution in [0.25, 0.3) is 22.4 Å². The average Bonchev–Trinajstić information content (AvgIpc) is 3.47. The van der Waals surface area contributed by atoms with Crippen molar-refractivity contribution in [2.45, 2.75) is 31.7 Å². The van der Waals surface area contributed by atoms with Crippen molar-refractivity contribution in [3.8, 4) is 39.6 Å². The molecule has 1 amide bonds. The highest BCUT2D eigenvalue weighted by Crippen LogP contribution is 2.42. The summed E-state index contributed by atoms with van der Waals surface area (Å²) in [6, 6.07) is 21.9. The largest absolute Gasteiger partial charge is 0.496 e. The minimum Gasteiger partial charge on any atom is -0.496 e. The van der Waals surface area contributed by atoms with Crippen molar-refractivity contribution < 1.29 is 19.0 Å². The quantitative estimate of drug-likeness (QED) is 0.316. The molecule has 1 atom stereocenters. The molecular formula is C30H32N4O4. The fourth-order valence-electron chi connectivity index (χ4n) is 5.07. The van der Waals surface area contributed by atoms with Crippen LogP contribution in [-0.2, 0) is 6.42 Å². The summed E-state index contributed by atoms with van der Waals surface area (Å²) < 4.78 is 17.9. The standard InChI is InChI=1S/C30H32N4O4/c1-36-25-18-27(37-2)29(28(19-25)38-3)23-14-12-22(13-15-23)26-20-34(32-31-26)30(35)33-16-8-7-11-24(33)17-21-9-5-4-6-10-21/h4-6,9-10,12-15,18-20,24H,7-8,11,16-17H2,1-3H3. The van der Waals surface area contributed by atoms with Crippen LogP contribution in [0.5, 0.6) is 17.2 Å². The molecule has 8 heteroatoms. The molecule has 1 aromatic heterocycles. The Labute approximate surface area is 222 Å². The van der Waals surface area contributed by atoms with Gasteiger partial charge in [0.1, 0.15) is 22.9 Å². The summed E-state index contributed by atoms with van der Waals surface area (Å²) in [7, 11) is 4.84. The molecule has 0 saturated carbocycles. The van der Waals surface area contributed by atoms with Crippen LogP contribution in [-0.4, -0.2) is 59.8 Å². The molecule has 3 aromatic carbocycles. The summed E-state index contributed by atoms with van der Waals surface area (Å²) in [6.07, 6.45) is 5.66. The molecule has 4 aromatic rings. The molecule has 8 nitrogen and oxygen atoms in total. The van der Waals surface area contributed by atoms with E-state index in [0.717, 1.165) is 48.9 Å². The van der Waals surface area contributed by atoms with Gasteiger partial charge in [0.25, 0.3) is 0 Å². The van der Waals surface area contributed by atoms with Crippen LogP contribution in [0.4, 0.5) is 4.79 Å². The Balaban J connectivity index is 1.36. The summed E-state index contributed by atoms with van der Waals surface area (Å²) in [5, 5.41) is 8.49. The number of hydrogen-bond acceptors (Lipinski definition) is 6. The van der Waals surface area contributed by atoms with Gasteiger partial charge in [-0.25, -0.2) is 4.79 Å². The number of methoxy groups -OCH3 is 3. The number of ether oxygens (including phenoxy) is 3. The predicted molar refractivity (Wildman–Crippen MR) is 146 cm³/mol. The molecule has 5 rings (SSSR count). The molecule has 0 N–H and O–H groups in total. The fraction of sp³-hybridized carbons (Fsp3) is 0.300. The maximum absolute atomic E-state index is 13.4. The van der Waals surface area contributed by atoms with Gasteiger partial charge in [-0.15, -0.1) is 5.10 Å². The van der Waals surface area contributed by atoms with Gasteiger partial charge in [0, 0.05) is 30.3 Å². The number of carbonyl (C=O) groups is 1. The van der Waals surface area contributed by atoms with Gasteiger partial charge in [0.2, 0.25) is 0 Å². The van der Waals surface area contributed by atoms with Gasteiger partial charge >= 0.3 is 6.03 Å². The lowest BCUT2D eigenvalue weighted by Gasteiger charge is -2.35. The molecule has 2 heterocycles. The number of benzene rings is 3. The number of amides is 1. The van der Waals surface area contributed by atoms with Crippen LogP contribution in [0, 0.1) is 0 Å². The van der Waals surface area contributed by atoms with Crippen molar-refractivity contribution >= 4 is 6.03 Å². The van der Waals surface area contributed by atoms with E-state index >= 15 is 0 Å². The van der Waals surface area contributed by atoms with E-state index < -0.39 is 0 Å². The number of aromatic nitrogens is 3. The molecule has 0 bridgehead atoms. The van der Waals surface area contributed by atoms with Gasteiger partial charge in [-0.1, -0.05) is 59.8 Å². The minimum absolute atomic E-state index is 0.131. The van der Waals surface area contributed by atoms with Gasteiger partial charge < -0.3 is 19.1 Å². The predicted octanol–water partition coefficient (Wildman–Crippen LogP) is 5.70. The number of rotatable bonds is 7. The smallest absolute Gasteiger partial charge is 0.346 e. The van der Waals surface area contributed by atoms with E-state index in [1.54, 1.807) is 27.5 Å². The molecule has 1 saturated heterocycles. The third-order valence-electron chi connectivity index (χ3n) is 7.06. The van der Waals surface area contributed by atoms with Crippen LogP contribution in [0.2, 0.25) is 0 Å². The van der Waals surface area contributed by atoms with Crippen molar-refractivity contribution in [3.05, 3.63) is 78.5 Å². The first kappa shape index (κ1) is 25.3. The minimum atomic E-state index is -0.131. The lowest BCUT2D eigenvalue weighted by molar-refractivity contribution is 0.149. The van der Waals surface area contributed by atoms with Crippen molar-refractivity contribution in [2.75, 3.05) is 27.9 Å². The van der Waals surface area contributed by atoms with Crippen molar-refractivity contribution in [1.82, 2.24) is 19.9 Å². The lowest BCUT2D eigenvalue weighted by atomic mass is 9.96. The molecule has 0 radical (unpaired) electrons. The maximum Gasteiger partial charge on any atom is 0.346 e. The Bertz CT molecular complexity index is 1360. The molecule has 1 fully saturated rings. The van der Waals surface area contributed by atoms with E-state index in [4.69, 9.17) is 14.2 Å². The first-order valence-electron chi connectivity index (χ1n) is 12.8. The molecule has 38 heavy (non-hydrogen) atoms. The number of piperidine rings is 1. The van der Waals surface area contributed by atoms with Crippen molar-refractivity contribution in [1.29, 1.82) is 0 Å². The van der Waals surface area contributed by atoms with Crippen molar-refractivity contribution in [3.63, 3.8) is 0 Å². The van der Waals surface area contributed by atoms with Gasteiger partial charge in [0.15, 0.2) is 0 Å². The van der Waals surface area contributed by atoms with E-state index in [1.807, 2.05) is 59.5 Å². The zero-order valence-corrected chi connectivity index (χ0v) is 22.0. The summed E-state index contributed by atoms with van der Waals surface area (Å²) >= 11 is 0. The zero-order chi connectivity index (χ0) is 26.5. The highest BCUT2D eigenvalue weighted by atomic mass is 16.5. The first-order valence-corrected chi connectivity index (χ1v) is 12.8. The van der Waals surface area contributed by atoms with Crippen LogP contribution in [0.1, 0.15) is 24.8 Å². The number of hydrogen-bond donors (Lipinski definition) is 0. The number of carbonyl (C=O) groups excluding carboxylic acids is 1. The number of likely N-dealkylation sites (tertiary alicyclic amines) is 1. The second-order valence-corrected chi connectivity index (χ2v) is 9.35. The monoisotopic (exact) mass is 512 g/mol. The highest BCUT2D eigenvalue weighted by Gasteiger charge is 2.28. The Kier molecular flexibility index (Phi) is 7.58. The number of nitrogens with zero attached hydrogens (tertiary/aromatic N) is 4. The van der Waals surface area contributed by atoms with E-state index in [2.05, 4.69) is 22.4 Å². The molecule has 0 aliphatic carbocycles. The molecule has 196 valence electrons. The molecular weight excluding hydrogens is 480 g/mol. The Morgan fingerprint density at radius 1 is 0.895 bits per heavy atom. The van der Waals surface area contributed by atoms with Crippen LogP contribution >= 0.6 is 0 Å². The normalized spacial score (nSPS) is 15.2. The van der Waals surface area contributed by atoms with E-state index in [9.17, 15) is 4.79 Å². The van der Waals surface area contributed by atoms with Crippen LogP contribution in [0.3, 0.4) is 0 Å².